The van der Waals surface area contributed by atoms with Crippen LogP contribution in [0.25, 0.3) is 66.1 Å². The second kappa shape index (κ2) is 8.25. The second-order valence-corrected chi connectivity index (χ2v) is 13.8. The van der Waals surface area contributed by atoms with Gasteiger partial charge in [-0.25, -0.2) is 0 Å². The first kappa shape index (κ1) is 25.1. The largest absolute Gasteiger partial charge is 0.456 e. The lowest BCUT2D eigenvalue weighted by molar-refractivity contribution is 0.657. The summed E-state index contributed by atoms with van der Waals surface area (Å²) in [6.07, 6.45) is 0. The summed E-state index contributed by atoms with van der Waals surface area (Å²) in [6.45, 7) is 9.38. The van der Waals surface area contributed by atoms with E-state index in [0.717, 1.165) is 33.7 Å². The Morgan fingerprint density at radius 2 is 0.867 bits per heavy atom. The molecule has 8 aromatic rings. The molecule has 0 unspecified atom stereocenters. The molecule has 2 aromatic heterocycles. The van der Waals surface area contributed by atoms with Crippen molar-refractivity contribution in [2.45, 2.75) is 38.5 Å². The lowest BCUT2D eigenvalue weighted by Crippen LogP contribution is -2.16. The third-order valence-electron chi connectivity index (χ3n) is 10.6. The number of nitrogens with one attached hydrogen (secondary N) is 1. The molecule has 3 heteroatoms. The molecule has 0 bridgehead atoms. The highest BCUT2D eigenvalue weighted by atomic mass is 16.3. The average molecular weight is 582 g/mol. The Kier molecular flexibility index (Phi) is 4.60. The minimum atomic E-state index is -0.172. The molecule has 2 aliphatic carbocycles. The number of hydrogen-bond donors (Lipinski definition) is 1. The molecular weight excluding hydrogens is 550 g/mol. The van der Waals surface area contributed by atoms with Crippen LogP contribution in [0, 0.1) is 0 Å². The zero-order valence-electron chi connectivity index (χ0n) is 25.7. The van der Waals surface area contributed by atoms with Gasteiger partial charge in [-0.1, -0.05) is 88.4 Å². The van der Waals surface area contributed by atoms with Crippen molar-refractivity contribution >= 4 is 55.3 Å². The normalized spacial score (nSPS) is 15.5. The molecule has 0 radical (unpaired) electrons. The van der Waals surface area contributed by atoms with Crippen LogP contribution < -0.4 is 5.32 Å². The van der Waals surface area contributed by atoms with E-state index in [9.17, 15) is 0 Å². The van der Waals surface area contributed by atoms with Crippen LogP contribution in [0.4, 0.5) is 11.4 Å². The molecule has 0 saturated carbocycles. The summed E-state index contributed by atoms with van der Waals surface area (Å²) in [5.41, 5.74) is 16.2. The quantitative estimate of drug-likeness (QED) is 0.221. The van der Waals surface area contributed by atoms with Crippen molar-refractivity contribution in [3.05, 3.63) is 131 Å². The molecule has 0 spiro atoms. The van der Waals surface area contributed by atoms with Crippen molar-refractivity contribution in [1.29, 1.82) is 0 Å². The number of anilines is 2. The first-order valence-electron chi connectivity index (χ1n) is 15.8. The number of fused-ring (bicyclic) bond motifs is 14. The van der Waals surface area contributed by atoms with E-state index in [-0.39, 0.29) is 10.8 Å². The van der Waals surface area contributed by atoms with E-state index in [1.165, 1.54) is 66.1 Å². The van der Waals surface area contributed by atoms with E-state index in [4.69, 9.17) is 8.83 Å². The smallest absolute Gasteiger partial charge is 0.135 e. The van der Waals surface area contributed by atoms with Crippen LogP contribution in [0.2, 0.25) is 0 Å². The fraction of sp³-hybridized carbons (Fsp3) is 0.143. The summed E-state index contributed by atoms with van der Waals surface area (Å²) < 4.78 is 12.5. The van der Waals surface area contributed by atoms with Gasteiger partial charge in [-0.05, 0) is 93.0 Å². The van der Waals surface area contributed by atoms with Gasteiger partial charge in [-0.2, -0.15) is 0 Å². The molecular formula is C42H31NO2. The van der Waals surface area contributed by atoms with Crippen molar-refractivity contribution < 1.29 is 8.83 Å². The van der Waals surface area contributed by atoms with E-state index in [2.05, 4.69) is 130 Å². The minimum absolute atomic E-state index is 0.172. The van der Waals surface area contributed by atoms with Gasteiger partial charge in [0.1, 0.15) is 22.3 Å². The fourth-order valence-corrected chi connectivity index (χ4v) is 8.56. The zero-order valence-corrected chi connectivity index (χ0v) is 25.7. The van der Waals surface area contributed by atoms with E-state index in [1.807, 2.05) is 12.1 Å². The van der Waals surface area contributed by atoms with Crippen molar-refractivity contribution in [3.63, 3.8) is 0 Å². The van der Waals surface area contributed by atoms with Crippen LogP contribution in [0.5, 0.6) is 0 Å². The van der Waals surface area contributed by atoms with Crippen LogP contribution in [0.1, 0.15) is 49.9 Å². The van der Waals surface area contributed by atoms with Gasteiger partial charge in [-0.15, -0.1) is 0 Å². The Hall–Kier alpha value is -5.28. The lowest BCUT2D eigenvalue weighted by atomic mass is 9.80. The standard InChI is InChI=1S/C42H31NO2/c1-41(2)31-21-23(13-15-25(31)27-17-19-35-37(39(27)41)29-9-5-7-11-33(29)44-35)43-24-14-16-26-28-18-20-36-38(30-10-6-8-12-34(30)45-36)40(28)42(3,4)32(26)22-24/h5-22,43H,1-4H3. The first-order valence-corrected chi connectivity index (χ1v) is 15.8. The maximum atomic E-state index is 6.27. The molecule has 2 heterocycles. The summed E-state index contributed by atoms with van der Waals surface area (Å²) in [7, 11) is 0. The van der Waals surface area contributed by atoms with E-state index in [0.29, 0.717) is 0 Å². The fourth-order valence-electron chi connectivity index (χ4n) is 8.56. The third-order valence-corrected chi connectivity index (χ3v) is 10.6. The van der Waals surface area contributed by atoms with Gasteiger partial charge in [0.05, 0.1) is 0 Å². The summed E-state index contributed by atoms with van der Waals surface area (Å²) in [6, 6.07) is 39.2. The van der Waals surface area contributed by atoms with Crippen LogP contribution in [0.3, 0.4) is 0 Å². The molecule has 45 heavy (non-hydrogen) atoms. The number of rotatable bonds is 2. The summed E-state index contributed by atoms with van der Waals surface area (Å²) >= 11 is 0. The minimum Gasteiger partial charge on any atom is -0.456 e. The second-order valence-electron chi connectivity index (χ2n) is 13.8. The van der Waals surface area contributed by atoms with E-state index < -0.39 is 0 Å². The van der Waals surface area contributed by atoms with Crippen LogP contribution in [0.15, 0.2) is 118 Å². The lowest BCUT2D eigenvalue weighted by Gasteiger charge is -2.24. The van der Waals surface area contributed by atoms with Crippen LogP contribution in [-0.4, -0.2) is 0 Å². The van der Waals surface area contributed by atoms with Crippen LogP contribution in [-0.2, 0) is 10.8 Å². The molecule has 0 amide bonds. The van der Waals surface area contributed by atoms with Crippen molar-refractivity contribution in [2.75, 3.05) is 5.32 Å². The molecule has 0 fully saturated rings. The van der Waals surface area contributed by atoms with Crippen molar-refractivity contribution in [1.82, 2.24) is 0 Å². The van der Waals surface area contributed by atoms with Crippen molar-refractivity contribution in [3.8, 4) is 22.3 Å². The predicted octanol–water partition coefficient (Wildman–Crippen LogP) is 11.8. The number of furan rings is 2. The molecule has 216 valence electrons. The molecule has 0 atom stereocenters. The predicted molar refractivity (Wildman–Crippen MR) is 186 cm³/mol. The first-order chi connectivity index (χ1) is 21.8. The highest BCUT2D eigenvalue weighted by molar-refractivity contribution is 6.12. The topological polar surface area (TPSA) is 38.3 Å². The third kappa shape index (κ3) is 3.15. The van der Waals surface area contributed by atoms with Crippen molar-refractivity contribution in [2.24, 2.45) is 0 Å². The summed E-state index contributed by atoms with van der Waals surface area (Å²) in [5.74, 6) is 0. The highest BCUT2D eigenvalue weighted by Gasteiger charge is 2.40. The molecule has 1 N–H and O–H groups in total. The summed E-state index contributed by atoms with van der Waals surface area (Å²) in [4.78, 5) is 0. The average Bonchev–Trinajstić information content (AvgIpc) is 3.73. The molecule has 0 aliphatic heterocycles. The SMILES string of the molecule is CC1(C)c2cc(Nc3ccc4c(c3)C(C)(C)c3c-4ccc4oc5ccccc5c34)ccc2-c2ccc3oc4ccccc4c3c21. The molecule has 10 rings (SSSR count). The Morgan fingerprint density at radius 1 is 0.444 bits per heavy atom. The van der Waals surface area contributed by atoms with Gasteiger partial charge in [0.2, 0.25) is 0 Å². The Balaban J connectivity index is 1.06. The van der Waals surface area contributed by atoms with Gasteiger partial charge in [0.25, 0.3) is 0 Å². The maximum absolute atomic E-state index is 6.27. The van der Waals surface area contributed by atoms with E-state index >= 15 is 0 Å². The number of hydrogen-bond acceptors (Lipinski definition) is 3. The van der Waals surface area contributed by atoms with Gasteiger partial charge >= 0.3 is 0 Å². The number of para-hydroxylation sites is 2. The highest BCUT2D eigenvalue weighted by Crippen LogP contribution is 2.55. The molecule has 3 nitrogen and oxygen atoms in total. The number of benzene rings is 6. The Bertz CT molecular complexity index is 2400. The Labute approximate surface area is 261 Å². The Morgan fingerprint density at radius 3 is 1.33 bits per heavy atom. The van der Waals surface area contributed by atoms with Crippen LogP contribution >= 0.6 is 0 Å². The molecule has 0 saturated heterocycles. The summed E-state index contributed by atoms with van der Waals surface area (Å²) in [5, 5.41) is 8.62. The molecule has 2 aliphatic rings. The van der Waals surface area contributed by atoms with E-state index in [1.54, 1.807) is 0 Å². The monoisotopic (exact) mass is 581 g/mol. The van der Waals surface area contributed by atoms with Gasteiger partial charge in [0.15, 0.2) is 0 Å². The van der Waals surface area contributed by atoms with Gasteiger partial charge in [-0.3, -0.25) is 0 Å². The maximum Gasteiger partial charge on any atom is 0.135 e. The van der Waals surface area contributed by atoms with Gasteiger partial charge in [0, 0.05) is 43.7 Å². The molecule has 6 aromatic carbocycles. The zero-order chi connectivity index (χ0) is 30.2. The van der Waals surface area contributed by atoms with Gasteiger partial charge < -0.3 is 14.2 Å².